The van der Waals surface area contributed by atoms with Gasteiger partial charge in [0.2, 0.25) is 0 Å². The molecule has 2 atom stereocenters. The molecule has 1 nitrogen and oxygen atoms in total. The molecule has 0 aliphatic heterocycles. The van der Waals surface area contributed by atoms with E-state index in [1.165, 1.54) is 5.57 Å². The van der Waals surface area contributed by atoms with Crippen LogP contribution >= 0.6 is 0 Å². The van der Waals surface area contributed by atoms with E-state index >= 15 is 0 Å². The number of hydrogen-bond acceptors (Lipinski definition) is 1. The molecule has 0 heterocycles. The molecule has 0 spiro atoms. The van der Waals surface area contributed by atoms with Gasteiger partial charge in [-0.1, -0.05) is 37.3 Å². The smallest absolute Gasteiger partial charge is 0.0608 e. The number of aliphatic hydroxyl groups is 1. The maximum atomic E-state index is 9.69. The summed E-state index contributed by atoms with van der Waals surface area (Å²) in [5.41, 5.74) is 1.24. The highest BCUT2D eigenvalue weighted by atomic mass is 16.3. The van der Waals surface area contributed by atoms with Crippen molar-refractivity contribution in [1.29, 1.82) is 0 Å². The molecule has 0 aromatic rings. The van der Waals surface area contributed by atoms with E-state index in [0.29, 0.717) is 5.92 Å². The molecule has 1 fully saturated rings. The molecule has 0 saturated heterocycles. The molecule has 2 unspecified atom stereocenters. The first-order valence-corrected chi connectivity index (χ1v) is 4.93. The van der Waals surface area contributed by atoms with Crippen LogP contribution in [0.25, 0.3) is 0 Å². The van der Waals surface area contributed by atoms with Crippen molar-refractivity contribution in [3.63, 3.8) is 0 Å². The molecule has 1 N–H and O–H groups in total. The molecule has 13 heavy (non-hydrogen) atoms. The second kappa shape index (κ2) is 5.03. The molecule has 0 radical (unpaired) electrons. The zero-order chi connectivity index (χ0) is 9.68. The Kier molecular flexibility index (Phi) is 3.97. The van der Waals surface area contributed by atoms with Crippen molar-refractivity contribution in [1.82, 2.24) is 0 Å². The zero-order valence-electron chi connectivity index (χ0n) is 8.24. The second-order valence-electron chi connectivity index (χ2n) is 3.49. The number of allylic oxidation sites excluding steroid dienone is 4. The predicted molar refractivity (Wildman–Crippen MR) is 56.4 cm³/mol. The largest absolute Gasteiger partial charge is 0.392 e. The fourth-order valence-corrected chi connectivity index (χ4v) is 1.94. The van der Waals surface area contributed by atoms with Crippen LogP contribution in [0.3, 0.4) is 0 Å². The lowest BCUT2D eigenvalue weighted by atomic mass is 9.95. The highest BCUT2D eigenvalue weighted by Crippen LogP contribution is 2.32. The molecular weight excluding hydrogens is 160 g/mol. The van der Waals surface area contributed by atoms with Gasteiger partial charge in [-0.3, -0.25) is 0 Å². The van der Waals surface area contributed by atoms with Crippen molar-refractivity contribution >= 4 is 0 Å². The van der Waals surface area contributed by atoms with E-state index in [1.54, 1.807) is 6.08 Å². The van der Waals surface area contributed by atoms with Gasteiger partial charge in [-0.05, 0) is 25.3 Å². The molecule has 0 amide bonds. The number of rotatable bonds is 3. The Bertz CT molecular complexity index is 225. The molecule has 1 aliphatic rings. The van der Waals surface area contributed by atoms with Crippen molar-refractivity contribution in [2.45, 2.75) is 32.3 Å². The summed E-state index contributed by atoms with van der Waals surface area (Å²) in [5, 5.41) is 9.69. The highest BCUT2D eigenvalue weighted by molar-refractivity contribution is 5.25. The van der Waals surface area contributed by atoms with Gasteiger partial charge in [0.25, 0.3) is 0 Å². The molecule has 1 heteroatoms. The van der Waals surface area contributed by atoms with Gasteiger partial charge in [-0.25, -0.2) is 0 Å². The Morgan fingerprint density at radius 1 is 1.46 bits per heavy atom. The summed E-state index contributed by atoms with van der Waals surface area (Å²) in [5.74, 6) is 0.348. The number of aliphatic hydroxyl groups excluding tert-OH is 1. The van der Waals surface area contributed by atoms with Gasteiger partial charge in [0.05, 0.1) is 6.10 Å². The second-order valence-corrected chi connectivity index (χ2v) is 3.49. The maximum Gasteiger partial charge on any atom is 0.0608 e. The fourth-order valence-electron chi connectivity index (χ4n) is 1.94. The summed E-state index contributed by atoms with van der Waals surface area (Å²) in [6, 6.07) is 0. The summed E-state index contributed by atoms with van der Waals surface area (Å²) in [6.07, 6.45) is 10.9. The molecule has 0 aromatic heterocycles. The monoisotopic (exact) mass is 178 g/mol. The van der Waals surface area contributed by atoms with Crippen LogP contribution < -0.4 is 0 Å². The van der Waals surface area contributed by atoms with Crippen molar-refractivity contribution in [3.05, 3.63) is 36.5 Å². The van der Waals surface area contributed by atoms with Gasteiger partial charge in [0, 0.05) is 5.92 Å². The van der Waals surface area contributed by atoms with Gasteiger partial charge >= 0.3 is 0 Å². The van der Waals surface area contributed by atoms with Crippen molar-refractivity contribution in [2.75, 3.05) is 0 Å². The molecule has 1 rings (SSSR count). The average molecular weight is 178 g/mol. The van der Waals surface area contributed by atoms with Crippen LogP contribution in [-0.2, 0) is 0 Å². The Morgan fingerprint density at radius 3 is 2.69 bits per heavy atom. The van der Waals surface area contributed by atoms with Crippen molar-refractivity contribution in [2.24, 2.45) is 5.92 Å². The van der Waals surface area contributed by atoms with Crippen LogP contribution in [0.15, 0.2) is 36.5 Å². The molecule has 0 aromatic carbocycles. The minimum atomic E-state index is -0.138. The third-order valence-corrected chi connectivity index (χ3v) is 2.67. The molecule has 0 bridgehead atoms. The van der Waals surface area contributed by atoms with Crippen LogP contribution in [0.5, 0.6) is 0 Å². The minimum Gasteiger partial charge on any atom is -0.392 e. The lowest BCUT2D eigenvalue weighted by Crippen LogP contribution is -2.14. The summed E-state index contributed by atoms with van der Waals surface area (Å²) in [7, 11) is 0. The SMILES string of the molecule is C=C/C=C\C(=C/C)C1CCCC1O. The molecule has 1 saturated carbocycles. The summed E-state index contributed by atoms with van der Waals surface area (Å²) >= 11 is 0. The highest BCUT2D eigenvalue weighted by Gasteiger charge is 2.26. The number of hydrogen-bond donors (Lipinski definition) is 1. The van der Waals surface area contributed by atoms with Crippen LogP contribution in [0.1, 0.15) is 26.2 Å². The first-order chi connectivity index (χ1) is 6.29. The molecule has 72 valence electrons. The van der Waals surface area contributed by atoms with Crippen LogP contribution in [0.2, 0.25) is 0 Å². The normalized spacial score (nSPS) is 29.8. The lowest BCUT2D eigenvalue weighted by molar-refractivity contribution is 0.150. The summed E-state index contributed by atoms with van der Waals surface area (Å²) in [6.45, 7) is 5.66. The van der Waals surface area contributed by atoms with E-state index in [-0.39, 0.29) is 6.10 Å². The summed E-state index contributed by atoms with van der Waals surface area (Å²) in [4.78, 5) is 0. The van der Waals surface area contributed by atoms with E-state index in [0.717, 1.165) is 19.3 Å². The Morgan fingerprint density at radius 2 is 2.23 bits per heavy atom. The van der Waals surface area contributed by atoms with Gasteiger partial charge < -0.3 is 5.11 Å². The quantitative estimate of drug-likeness (QED) is 0.659. The predicted octanol–water partition coefficient (Wildman–Crippen LogP) is 2.84. The van der Waals surface area contributed by atoms with Gasteiger partial charge in [0.15, 0.2) is 0 Å². The third-order valence-electron chi connectivity index (χ3n) is 2.67. The first-order valence-electron chi connectivity index (χ1n) is 4.93. The summed E-state index contributed by atoms with van der Waals surface area (Å²) < 4.78 is 0. The van der Waals surface area contributed by atoms with Crippen LogP contribution in [0, 0.1) is 5.92 Å². The van der Waals surface area contributed by atoms with E-state index in [9.17, 15) is 5.11 Å². The minimum absolute atomic E-state index is 0.138. The van der Waals surface area contributed by atoms with Crippen LogP contribution in [0.4, 0.5) is 0 Å². The van der Waals surface area contributed by atoms with Crippen LogP contribution in [-0.4, -0.2) is 11.2 Å². The first kappa shape index (κ1) is 10.3. The van der Waals surface area contributed by atoms with Crippen molar-refractivity contribution in [3.8, 4) is 0 Å². The van der Waals surface area contributed by atoms with E-state index in [2.05, 4.69) is 12.7 Å². The fraction of sp³-hybridized carbons (Fsp3) is 0.500. The van der Waals surface area contributed by atoms with Gasteiger partial charge in [-0.2, -0.15) is 0 Å². The zero-order valence-corrected chi connectivity index (χ0v) is 8.24. The maximum absolute atomic E-state index is 9.69. The van der Waals surface area contributed by atoms with Gasteiger partial charge in [-0.15, -0.1) is 0 Å². The van der Waals surface area contributed by atoms with E-state index < -0.39 is 0 Å². The Labute approximate surface area is 80.5 Å². The van der Waals surface area contributed by atoms with E-state index in [4.69, 9.17) is 0 Å². The van der Waals surface area contributed by atoms with Gasteiger partial charge in [0.1, 0.15) is 0 Å². The van der Waals surface area contributed by atoms with Crippen molar-refractivity contribution < 1.29 is 5.11 Å². The lowest BCUT2D eigenvalue weighted by Gasteiger charge is -2.15. The standard InChI is InChI=1S/C12H18O/c1-3-5-7-10(4-2)11-8-6-9-12(11)13/h3-5,7,11-13H,1,6,8-9H2,2H3/b7-5-,10-4+. The third kappa shape index (κ3) is 2.56. The molecular formula is C12H18O. The van der Waals surface area contributed by atoms with E-state index in [1.807, 2.05) is 19.1 Å². The average Bonchev–Trinajstić information content (AvgIpc) is 2.54. The Balaban J connectivity index is 2.66. The molecule has 1 aliphatic carbocycles. The topological polar surface area (TPSA) is 20.2 Å². The Hall–Kier alpha value is -0.820.